The van der Waals surface area contributed by atoms with Crippen molar-refractivity contribution >= 4 is 21.7 Å². The molecule has 0 radical (unpaired) electrons. The van der Waals surface area contributed by atoms with Gasteiger partial charge in [-0.1, -0.05) is 15.9 Å². The van der Waals surface area contributed by atoms with E-state index in [9.17, 15) is 13.6 Å². The van der Waals surface area contributed by atoms with E-state index in [1.165, 1.54) is 0 Å². The van der Waals surface area contributed by atoms with Crippen LogP contribution in [-0.2, 0) is 6.42 Å². The summed E-state index contributed by atoms with van der Waals surface area (Å²) < 4.78 is 27.6. The van der Waals surface area contributed by atoms with Gasteiger partial charge in [0.05, 0.1) is 0 Å². The Morgan fingerprint density at radius 3 is 2.30 bits per heavy atom. The Bertz CT molecular complexity index is 657. The summed E-state index contributed by atoms with van der Waals surface area (Å²) in [6.45, 7) is 3.77. The lowest BCUT2D eigenvalue weighted by Gasteiger charge is -2.08. The van der Waals surface area contributed by atoms with Gasteiger partial charge in [-0.15, -0.1) is 0 Å². The van der Waals surface area contributed by atoms with E-state index in [-0.39, 0.29) is 17.8 Å². The summed E-state index contributed by atoms with van der Waals surface area (Å²) in [6.07, 6.45) is -0.149. The lowest BCUT2D eigenvalue weighted by molar-refractivity contribution is 0.0991. The van der Waals surface area contributed by atoms with Crippen LogP contribution in [0.15, 0.2) is 34.8 Å². The molecule has 0 amide bonds. The number of hydrogen-bond acceptors (Lipinski definition) is 1. The van der Waals surface area contributed by atoms with Crippen LogP contribution in [0.1, 0.15) is 27.0 Å². The molecule has 0 saturated heterocycles. The number of carbonyl (C=O) groups excluding carboxylic acids is 1. The second-order valence-electron chi connectivity index (χ2n) is 4.76. The van der Waals surface area contributed by atoms with Crippen LogP contribution >= 0.6 is 15.9 Å². The Morgan fingerprint density at radius 2 is 1.70 bits per heavy atom. The Kier molecular flexibility index (Phi) is 4.33. The SMILES string of the molecule is Cc1cc(C(=O)Cc2cc(F)ccc2F)cc(C)c1Br. The molecular weight excluding hydrogens is 326 g/mol. The highest BCUT2D eigenvalue weighted by Gasteiger charge is 2.13. The molecule has 20 heavy (non-hydrogen) atoms. The van der Waals surface area contributed by atoms with Crippen molar-refractivity contribution in [2.75, 3.05) is 0 Å². The molecule has 0 atom stereocenters. The highest BCUT2D eigenvalue weighted by atomic mass is 79.9. The van der Waals surface area contributed by atoms with Gasteiger partial charge in [0.15, 0.2) is 5.78 Å². The lowest BCUT2D eigenvalue weighted by atomic mass is 9.99. The number of benzene rings is 2. The van der Waals surface area contributed by atoms with E-state index in [1.807, 2.05) is 13.8 Å². The maximum Gasteiger partial charge on any atom is 0.167 e. The van der Waals surface area contributed by atoms with Gasteiger partial charge in [-0.2, -0.15) is 0 Å². The molecular formula is C16H13BrF2O. The van der Waals surface area contributed by atoms with E-state index >= 15 is 0 Å². The van der Waals surface area contributed by atoms with Crippen LogP contribution in [-0.4, -0.2) is 5.78 Å². The molecule has 0 saturated carbocycles. The van der Waals surface area contributed by atoms with Crippen molar-refractivity contribution in [3.8, 4) is 0 Å². The molecule has 0 aromatic heterocycles. The number of aryl methyl sites for hydroxylation is 2. The summed E-state index contributed by atoms with van der Waals surface area (Å²) >= 11 is 3.43. The number of carbonyl (C=O) groups is 1. The third-order valence-corrected chi connectivity index (χ3v) is 4.37. The summed E-state index contributed by atoms with van der Waals surface area (Å²) in [5, 5.41) is 0. The average Bonchev–Trinajstić information content (AvgIpc) is 2.39. The quantitative estimate of drug-likeness (QED) is 0.736. The van der Waals surface area contributed by atoms with Crippen molar-refractivity contribution in [2.24, 2.45) is 0 Å². The molecule has 0 bridgehead atoms. The van der Waals surface area contributed by atoms with E-state index in [2.05, 4.69) is 15.9 Å². The van der Waals surface area contributed by atoms with Crippen LogP contribution in [0.5, 0.6) is 0 Å². The minimum Gasteiger partial charge on any atom is -0.294 e. The Balaban J connectivity index is 2.31. The Hall–Kier alpha value is -1.55. The van der Waals surface area contributed by atoms with Gasteiger partial charge >= 0.3 is 0 Å². The van der Waals surface area contributed by atoms with Gasteiger partial charge < -0.3 is 0 Å². The molecule has 1 nitrogen and oxygen atoms in total. The number of halogens is 3. The fraction of sp³-hybridized carbons (Fsp3) is 0.188. The smallest absolute Gasteiger partial charge is 0.167 e. The molecule has 2 rings (SSSR count). The fourth-order valence-electron chi connectivity index (χ4n) is 2.06. The van der Waals surface area contributed by atoms with Crippen LogP contribution in [0.4, 0.5) is 8.78 Å². The van der Waals surface area contributed by atoms with Gasteiger partial charge in [0.25, 0.3) is 0 Å². The monoisotopic (exact) mass is 338 g/mol. The van der Waals surface area contributed by atoms with Gasteiger partial charge in [0.2, 0.25) is 0 Å². The van der Waals surface area contributed by atoms with Gasteiger partial charge in [0.1, 0.15) is 11.6 Å². The lowest BCUT2D eigenvalue weighted by Crippen LogP contribution is -2.06. The molecule has 0 aliphatic rings. The molecule has 4 heteroatoms. The highest BCUT2D eigenvalue weighted by Crippen LogP contribution is 2.23. The number of rotatable bonds is 3. The number of Topliss-reactive ketones (excluding diaryl/α,β-unsaturated/α-hetero) is 1. The van der Waals surface area contributed by atoms with E-state index in [0.29, 0.717) is 5.56 Å². The average molecular weight is 339 g/mol. The van der Waals surface area contributed by atoms with E-state index < -0.39 is 11.6 Å². The van der Waals surface area contributed by atoms with Crippen molar-refractivity contribution in [1.82, 2.24) is 0 Å². The van der Waals surface area contributed by atoms with E-state index in [4.69, 9.17) is 0 Å². The van der Waals surface area contributed by atoms with Crippen molar-refractivity contribution in [2.45, 2.75) is 20.3 Å². The third kappa shape index (κ3) is 3.12. The first kappa shape index (κ1) is 14.9. The maximum atomic E-state index is 13.5. The highest BCUT2D eigenvalue weighted by molar-refractivity contribution is 9.10. The van der Waals surface area contributed by atoms with Crippen LogP contribution in [0.3, 0.4) is 0 Å². The van der Waals surface area contributed by atoms with Gasteiger partial charge in [0, 0.05) is 16.5 Å². The molecule has 0 aliphatic carbocycles. The zero-order valence-electron chi connectivity index (χ0n) is 11.1. The fourth-order valence-corrected chi connectivity index (χ4v) is 2.29. The topological polar surface area (TPSA) is 17.1 Å². The second-order valence-corrected chi connectivity index (χ2v) is 5.55. The van der Waals surface area contributed by atoms with Gasteiger partial charge in [-0.05, 0) is 60.9 Å². The first-order chi connectivity index (χ1) is 9.38. The molecule has 0 unspecified atom stereocenters. The summed E-state index contributed by atoms with van der Waals surface area (Å²) in [5.41, 5.74) is 2.46. The van der Waals surface area contributed by atoms with Crippen molar-refractivity contribution in [3.63, 3.8) is 0 Å². The van der Waals surface area contributed by atoms with Crippen molar-refractivity contribution in [1.29, 1.82) is 0 Å². The Morgan fingerprint density at radius 1 is 1.10 bits per heavy atom. The predicted molar refractivity (Wildman–Crippen MR) is 78.0 cm³/mol. The normalized spacial score (nSPS) is 10.7. The first-order valence-corrected chi connectivity index (χ1v) is 6.91. The molecule has 0 heterocycles. The van der Waals surface area contributed by atoms with E-state index in [0.717, 1.165) is 33.8 Å². The zero-order valence-corrected chi connectivity index (χ0v) is 12.7. The summed E-state index contributed by atoms with van der Waals surface area (Å²) in [4.78, 5) is 12.2. The van der Waals surface area contributed by atoms with Gasteiger partial charge in [-0.25, -0.2) is 8.78 Å². The molecule has 2 aromatic rings. The number of hydrogen-bond donors (Lipinski definition) is 0. The Labute approximate surface area is 124 Å². The summed E-state index contributed by atoms with van der Waals surface area (Å²) in [5.74, 6) is -1.34. The molecule has 0 spiro atoms. The largest absolute Gasteiger partial charge is 0.294 e. The maximum absolute atomic E-state index is 13.5. The van der Waals surface area contributed by atoms with Crippen molar-refractivity contribution in [3.05, 3.63) is 68.7 Å². The molecule has 0 fully saturated rings. The van der Waals surface area contributed by atoms with Crippen molar-refractivity contribution < 1.29 is 13.6 Å². The zero-order chi connectivity index (χ0) is 14.9. The van der Waals surface area contributed by atoms with Crippen LogP contribution in [0, 0.1) is 25.5 Å². The molecule has 2 aromatic carbocycles. The first-order valence-electron chi connectivity index (χ1n) is 6.12. The standard InChI is InChI=1S/C16H13BrF2O/c1-9-5-12(6-10(2)16(9)17)15(20)8-11-7-13(18)3-4-14(11)19/h3-7H,8H2,1-2H3. The minimum atomic E-state index is -0.565. The predicted octanol–water partition coefficient (Wildman–Crippen LogP) is 4.77. The molecule has 0 aliphatic heterocycles. The van der Waals surface area contributed by atoms with Crippen LogP contribution in [0.25, 0.3) is 0 Å². The summed E-state index contributed by atoms with van der Waals surface area (Å²) in [6, 6.07) is 6.63. The molecule has 104 valence electrons. The second kappa shape index (κ2) is 5.83. The molecule has 0 N–H and O–H groups in total. The number of ketones is 1. The van der Waals surface area contributed by atoms with Gasteiger partial charge in [-0.3, -0.25) is 4.79 Å². The minimum absolute atomic E-state index is 0.0771. The van der Waals surface area contributed by atoms with Crippen LogP contribution in [0.2, 0.25) is 0 Å². The third-order valence-electron chi connectivity index (χ3n) is 3.12. The summed E-state index contributed by atoms with van der Waals surface area (Å²) in [7, 11) is 0. The van der Waals surface area contributed by atoms with Crippen LogP contribution < -0.4 is 0 Å². The van der Waals surface area contributed by atoms with E-state index in [1.54, 1.807) is 12.1 Å².